The first-order valence-electron chi connectivity index (χ1n) is 3.37. The van der Waals surface area contributed by atoms with Gasteiger partial charge in [-0.1, -0.05) is 0 Å². The van der Waals surface area contributed by atoms with Crippen LogP contribution in [0.2, 0.25) is 0 Å². The van der Waals surface area contributed by atoms with Gasteiger partial charge in [0, 0.05) is 0 Å². The molecule has 0 spiro atoms. The average Bonchev–Trinajstić information content (AvgIpc) is 1.77. The van der Waals surface area contributed by atoms with Gasteiger partial charge in [-0.25, -0.2) is 16.8 Å². The predicted octanol–water partition coefficient (Wildman–Crippen LogP) is -0.480. The molecule has 0 saturated carbocycles. The van der Waals surface area contributed by atoms with Crippen LogP contribution in [0.25, 0.3) is 0 Å². The summed E-state index contributed by atoms with van der Waals surface area (Å²) in [5.41, 5.74) is 0. The highest BCUT2D eigenvalue weighted by Crippen LogP contribution is 2.38. The van der Waals surface area contributed by atoms with E-state index < -0.39 is 43.4 Å². The zero-order valence-corrected chi connectivity index (χ0v) is 8.51. The summed E-state index contributed by atoms with van der Waals surface area (Å²) in [6.45, 7) is 0. The zero-order chi connectivity index (χ0) is 12.1. The van der Waals surface area contributed by atoms with E-state index in [2.05, 4.69) is 0 Å². The topological polar surface area (TPSA) is 80.3 Å². The molecule has 0 radical (unpaired) electrons. The molecule has 90 valence electrons. The van der Waals surface area contributed by atoms with Crippen molar-refractivity contribution in [1.82, 2.24) is 4.13 Å². The van der Waals surface area contributed by atoms with Crippen molar-refractivity contribution in [3.63, 3.8) is 0 Å². The lowest BCUT2D eigenvalue weighted by molar-refractivity contribution is -0.180. The lowest BCUT2D eigenvalue weighted by Gasteiger charge is -2.21. The zero-order valence-electron chi connectivity index (χ0n) is 6.88. The molecule has 1 rings (SSSR count). The first-order chi connectivity index (χ1) is 6.37. The quantitative estimate of drug-likeness (QED) is 0.603. The third-order valence-electron chi connectivity index (χ3n) is 1.53. The summed E-state index contributed by atoms with van der Waals surface area (Å²) < 4.78 is 94.1. The van der Waals surface area contributed by atoms with E-state index in [4.69, 9.17) is 0 Å². The fraction of sp³-hybridized carbons (Fsp3) is 1.00. The smallest absolute Gasteiger partial charge is 0.211 e. The highest BCUT2D eigenvalue weighted by Gasteiger charge is 2.63. The van der Waals surface area contributed by atoms with Gasteiger partial charge in [0.2, 0.25) is 20.0 Å². The lowest BCUT2D eigenvalue weighted by atomic mass is 10.2. The number of halogens is 4. The molecule has 0 aliphatic carbocycles. The Kier molecular flexibility index (Phi) is 2.57. The van der Waals surface area contributed by atoms with Gasteiger partial charge in [-0.2, -0.15) is 17.6 Å². The van der Waals surface area contributed by atoms with Crippen LogP contribution < -0.4 is 4.13 Å². The summed E-state index contributed by atoms with van der Waals surface area (Å²) in [6.07, 6.45) is 0. The Labute approximate surface area is 82.6 Å². The van der Waals surface area contributed by atoms with Crippen LogP contribution in [0.1, 0.15) is 0 Å². The van der Waals surface area contributed by atoms with Gasteiger partial charge in [0.1, 0.15) is 11.5 Å². The number of hydrogen-bond acceptors (Lipinski definition) is 4. The predicted molar refractivity (Wildman–Crippen MR) is 40.6 cm³/mol. The molecule has 1 aliphatic heterocycles. The first-order valence-corrected chi connectivity index (χ1v) is 6.67. The van der Waals surface area contributed by atoms with Gasteiger partial charge in [0.15, 0.2) is 0 Å². The van der Waals surface area contributed by atoms with Crippen LogP contribution in [-0.2, 0) is 20.0 Å². The van der Waals surface area contributed by atoms with E-state index >= 15 is 0 Å². The number of sulfonamides is 2. The van der Waals surface area contributed by atoms with Crippen molar-refractivity contribution < 1.29 is 34.4 Å². The summed E-state index contributed by atoms with van der Waals surface area (Å²) in [6, 6.07) is 0. The maximum atomic E-state index is 12.6. The third kappa shape index (κ3) is 2.58. The monoisotopic (exact) mass is 271 g/mol. The number of hydrogen-bond donors (Lipinski definition) is 1. The van der Waals surface area contributed by atoms with E-state index in [1.165, 1.54) is 0 Å². The largest absolute Gasteiger partial charge is 0.326 e. The van der Waals surface area contributed by atoms with Gasteiger partial charge in [-0.05, 0) is 0 Å². The molecule has 0 amide bonds. The second-order valence-electron chi connectivity index (χ2n) is 3.01. The molecule has 11 heteroatoms. The van der Waals surface area contributed by atoms with E-state index in [1.807, 2.05) is 0 Å². The molecule has 0 unspecified atom stereocenters. The van der Waals surface area contributed by atoms with Crippen molar-refractivity contribution in [2.45, 2.75) is 11.8 Å². The van der Waals surface area contributed by atoms with Crippen molar-refractivity contribution >= 4 is 20.0 Å². The third-order valence-corrected chi connectivity index (χ3v) is 5.05. The van der Waals surface area contributed by atoms with Crippen molar-refractivity contribution in [2.75, 3.05) is 11.5 Å². The maximum Gasteiger partial charge on any atom is 0.326 e. The molecule has 1 aliphatic rings. The SMILES string of the molecule is O=S1(=O)CC(F)(F)C(F)(F)CS(=O)(=O)N1. The molecular formula is C4H5F4NO4S2. The minimum Gasteiger partial charge on any atom is -0.211 e. The van der Waals surface area contributed by atoms with Gasteiger partial charge in [-0.15, -0.1) is 4.13 Å². The fourth-order valence-electron chi connectivity index (χ4n) is 0.941. The summed E-state index contributed by atoms with van der Waals surface area (Å²) in [7, 11) is -9.95. The molecule has 0 atom stereocenters. The Morgan fingerprint density at radius 2 is 1.07 bits per heavy atom. The molecule has 0 aromatic heterocycles. The number of nitrogens with one attached hydrogen (secondary N) is 1. The summed E-state index contributed by atoms with van der Waals surface area (Å²) in [5.74, 6) is -14.3. The molecule has 1 heterocycles. The van der Waals surface area contributed by atoms with Gasteiger partial charge in [0.25, 0.3) is 0 Å². The van der Waals surface area contributed by atoms with Crippen molar-refractivity contribution in [3.05, 3.63) is 0 Å². The van der Waals surface area contributed by atoms with E-state index in [0.29, 0.717) is 0 Å². The second-order valence-corrected chi connectivity index (χ2v) is 6.71. The Hall–Kier alpha value is -0.420. The Bertz CT molecular complexity index is 423. The molecule has 0 aromatic carbocycles. The molecule has 1 fully saturated rings. The molecule has 5 nitrogen and oxygen atoms in total. The lowest BCUT2D eigenvalue weighted by Crippen LogP contribution is -2.46. The van der Waals surface area contributed by atoms with Crippen molar-refractivity contribution in [2.24, 2.45) is 0 Å². The summed E-state index contributed by atoms with van der Waals surface area (Å²) >= 11 is 0. The highest BCUT2D eigenvalue weighted by molar-refractivity contribution is 8.04. The van der Waals surface area contributed by atoms with E-state index in [-0.39, 0.29) is 0 Å². The molecule has 1 saturated heterocycles. The van der Waals surface area contributed by atoms with Gasteiger partial charge in [0.05, 0.1) is 0 Å². The maximum absolute atomic E-state index is 12.6. The number of alkyl halides is 4. The van der Waals surface area contributed by atoms with Crippen LogP contribution in [-0.4, -0.2) is 40.2 Å². The minimum absolute atomic E-state index is 0.790. The molecule has 15 heavy (non-hydrogen) atoms. The van der Waals surface area contributed by atoms with Crippen LogP contribution in [0, 0.1) is 0 Å². The van der Waals surface area contributed by atoms with Crippen LogP contribution >= 0.6 is 0 Å². The van der Waals surface area contributed by atoms with Crippen molar-refractivity contribution in [1.29, 1.82) is 0 Å². The highest BCUT2D eigenvalue weighted by atomic mass is 32.3. The first kappa shape index (κ1) is 12.6. The fourth-order valence-corrected chi connectivity index (χ4v) is 4.34. The average molecular weight is 271 g/mol. The van der Waals surface area contributed by atoms with E-state index in [1.54, 1.807) is 0 Å². The standard InChI is InChI=1S/C4H5F4NO4S2/c5-3(6)1-14(10,11)9-15(12,13)2-4(3,7)8/h9H,1-2H2. The Morgan fingerprint density at radius 1 is 0.800 bits per heavy atom. The molecule has 0 aromatic rings. The minimum atomic E-state index is -4.97. The molecular weight excluding hydrogens is 266 g/mol. The van der Waals surface area contributed by atoms with Gasteiger partial charge < -0.3 is 0 Å². The van der Waals surface area contributed by atoms with Crippen molar-refractivity contribution in [3.8, 4) is 0 Å². The molecule has 0 bridgehead atoms. The van der Waals surface area contributed by atoms with E-state index in [9.17, 15) is 34.4 Å². The van der Waals surface area contributed by atoms with Crippen LogP contribution in [0.15, 0.2) is 0 Å². The Morgan fingerprint density at radius 3 is 1.33 bits per heavy atom. The van der Waals surface area contributed by atoms with Gasteiger partial charge >= 0.3 is 11.8 Å². The summed E-state index contributed by atoms with van der Waals surface area (Å²) in [5, 5.41) is 0. The Balaban J connectivity index is 3.35. The van der Waals surface area contributed by atoms with Crippen LogP contribution in [0.3, 0.4) is 0 Å². The van der Waals surface area contributed by atoms with Crippen LogP contribution in [0.5, 0.6) is 0 Å². The normalized spacial score (nSPS) is 31.7. The van der Waals surface area contributed by atoms with Crippen LogP contribution in [0.4, 0.5) is 17.6 Å². The molecule has 1 N–H and O–H groups in total. The van der Waals surface area contributed by atoms with Gasteiger partial charge in [-0.3, -0.25) is 0 Å². The second kappa shape index (κ2) is 3.04. The number of rotatable bonds is 0. The summed E-state index contributed by atoms with van der Waals surface area (Å²) in [4.78, 5) is 0. The van der Waals surface area contributed by atoms with E-state index in [0.717, 1.165) is 4.13 Å².